The number of hydrogen-bond donors (Lipinski definition) is 1. The summed E-state index contributed by atoms with van der Waals surface area (Å²) in [4.78, 5) is 23.2. The van der Waals surface area contributed by atoms with Crippen LogP contribution in [0.1, 0.15) is 37.3 Å². The molecule has 3 aromatic rings. The molecule has 0 spiro atoms. The van der Waals surface area contributed by atoms with Gasteiger partial charge in [-0.25, -0.2) is 9.97 Å². The fourth-order valence-corrected chi connectivity index (χ4v) is 3.50. The van der Waals surface area contributed by atoms with Crippen molar-refractivity contribution in [1.82, 2.24) is 29.6 Å². The Labute approximate surface area is 146 Å². The quantitative estimate of drug-likeness (QED) is 0.774. The van der Waals surface area contributed by atoms with Crippen molar-refractivity contribution in [2.24, 2.45) is 0 Å². The predicted octanol–water partition coefficient (Wildman–Crippen LogP) is 2.34. The number of rotatable bonds is 5. The van der Waals surface area contributed by atoms with Gasteiger partial charge in [-0.1, -0.05) is 0 Å². The van der Waals surface area contributed by atoms with Crippen LogP contribution in [-0.4, -0.2) is 48.6 Å². The summed E-state index contributed by atoms with van der Waals surface area (Å²) in [6, 6.07) is 4.11. The number of H-pyrrole nitrogens is 1. The average Bonchev–Trinajstić information content (AvgIpc) is 3.32. The molecule has 1 atom stereocenters. The van der Waals surface area contributed by atoms with Gasteiger partial charge in [0.25, 0.3) is 0 Å². The topological polar surface area (TPSA) is 79.7 Å². The van der Waals surface area contributed by atoms with Crippen LogP contribution in [0.2, 0.25) is 0 Å². The maximum absolute atomic E-state index is 12.5. The highest BCUT2D eigenvalue weighted by atomic mass is 16.2. The zero-order valence-electron chi connectivity index (χ0n) is 14.1. The molecule has 1 aliphatic heterocycles. The van der Waals surface area contributed by atoms with E-state index < -0.39 is 0 Å². The van der Waals surface area contributed by atoms with Crippen LogP contribution in [0.25, 0.3) is 11.0 Å². The van der Waals surface area contributed by atoms with Gasteiger partial charge < -0.3 is 9.47 Å². The van der Waals surface area contributed by atoms with Gasteiger partial charge in [0.1, 0.15) is 0 Å². The molecular formula is C18H22N6O. The molecule has 4 rings (SSSR count). The molecule has 1 saturated heterocycles. The largest absolute Gasteiger partial charge is 0.342 e. The minimum absolute atomic E-state index is 0.243. The summed E-state index contributed by atoms with van der Waals surface area (Å²) in [5, 5.41) is 7.97. The number of nitrogens with zero attached hydrogens (tertiary/aromatic N) is 5. The van der Waals surface area contributed by atoms with E-state index >= 15 is 0 Å². The Bertz CT molecular complexity index is 840. The molecule has 1 aliphatic rings. The van der Waals surface area contributed by atoms with Gasteiger partial charge in [-0.05, 0) is 31.4 Å². The van der Waals surface area contributed by atoms with Crippen LogP contribution >= 0.6 is 0 Å². The van der Waals surface area contributed by atoms with E-state index in [2.05, 4.69) is 26.2 Å². The Morgan fingerprint density at radius 2 is 2.32 bits per heavy atom. The Morgan fingerprint density at radius 3 is 3.20 bits per heavy atom. The third kappa shape index (κ3) is 3.55. The number of fused-ring (bicyclic) bond motifs is 1. The van der Waals surface area contributed by atoms with Crippen molar-refractivity contribution >= 4 is 16.9 Å². The van der Waals surface area contributed by atoms with Crippen molar-refractivity contribution in [3.63, 3.8) is 0 Å². The van der Waals surface area contributed by atoms with E-state index in [1.165, 1.54) is 0 Å². The van der Waals surface area contributed by atoms with Gasteiger partial charge in [-0.15, -0.1) is 0 Å². The molecule has 25 heavy (non-hydrogen) atoms. The van der Waals surface area contributed by atoms with Crippen LogP contribution in [0.15, 0.2) is 37.1 Å². The molecule has 7 heteroatoms. The van der Waals surface area contributed by atoms with Gasteiger partial charge in [0.15, 0.2) is 5.65 Å². The predicted molar refractivity (Wildman–Crippen MR) is 93.9 cm³/mol. The molecule has 0 saturated carbocycles. The second-order valence-corrected chi connectivity index (χ2v) is 6.63. The van der Waals surface area contributed by atoms with Crippen LogP contribution in [-0.2, 0) is 11.3 Å². The summed E-state index contributed by atoms with van der Waals surface area (Å²) < 4.78 is 2.01. The fourth-order valence-electron chi connectivity index (χ4n) is 3.50. The summed E-state index contributed by atoms with van der Waals surface area (Å²) >= 11 is 0. The standard InChI is InChI=1S/C18H22N6O/c25-17(4-2-8-23-10-7-19-13-23)24-9-1-3-15(12-24)16-6-5-14-11-20-22-18(14)21-16/h5-7,10-11,13,15H,1-4,8-9,12H2,(H,20,21,22)/t15-/m0/s1. The van der Waals surface area contributed by atoms with Crippen molar-refractivity contribution in [3.05, 3.63) is 42.7 Å². The number of nitrogens with one attached hydrogen (secondary N) is 1. The van der Waals surface area contributed by atoms with Crippen molar-refractivity contribution in [3.8, 4) is 0 Å². The van der Waals surface area contributed by atoms with E-state index in [4.69, 9.17) is 0 Å². The third-order valence-corrected chi connectivity index (χ3v) is 4.88. The molecular weight excluding hydrogens is 316 g/mol. The van der Waals surface area contributed by atoms with Crippen LogP contribution in [0, 0.1) is 0 Å². The number of pyridine rings is 1. The SMILES string of the molecule is O=C(CCCn1ccnc1)N1CCC[C@H](c2ccc3cn[nH]c3n2)C1. The second kappa shape index (κ2) is 7.04. The molecule has 0 aromatic carbocycles. The monoisotopic (exact) mass is 338 g/mol. The molecule has 130 valence electrons. The number of aromatic amines is 1. The highest BCUT2D eigenvalue weighted by Gasteiger charge is 2.25. The normalized spacial score (nSPS) is 17.9. The fraction of sp³-hybridized carbons (Fsp3) is 0.444. The number of likely N-dealkylation sites (tertiary alicyclic amines) is 1. The second-order valence-electron chi connectivity index (χ2n) is 6.63. The smallest absolute Gasteiger partial charge is 0.222 e. The number of hydrogen-bond acceptors (Lipinski definition) is 4. The first-order valence-corrected chi connectivity index (χ1v) is 8.83. The summed E-state index contributed by atoms with van der Waals surface area (Å²) in [6.07, 6.45) is 10.8. The van der Waals surface area contributed by atoms with E-state index in [1.54, 1.807) is 18.7 Å². The number of aryl methyl sites for hydroxylation is 1. The zero-order valence-corrected chi connectivity index (χ0v) is 14.1. The Hall–Kier alpha value is -2.70. The van der Waals surface area contributed by atoms with E-state index in [1.807, 2.05) is 21.7 Å². The lowest BCUT2D eigenvalue weighted by Gasteiger charge is -2.32. The van der Waals surface area contributed by atoms with Crippen LogP contribution < -0.4 is 0 Å². The number of carbonyl (C=O) groups excluding carboxylic acids is 1. The van der Waals surface area contributed by atoms with Crippen LogP contribution in [0.5, 0.6) is 0 Å². The van der Waals surface area contributed by atoms with Crippen molar-refractivity contribution in [1.29, 1.82) is 0 Å². The van der Waals surface area contributed by atoms with Crippen molar-refractivity contribution < 1.29 is 4.79 Å². The first-order valence-electron chi connectivity index (χ1n) is 8.83. The lowest BCUT2D eigenvalue weighted by molar-refractivity contribution is -0.132. The molecule has 3 aromatic heterocycles. The van der Waals surface area contributed by atoms with E-state index in [0.717, 1.165) is 55.6 Å². The highest BCUT2D eigenvalue weighted by Crippen LogP contribution is 2.27. The van der Waals surface area contributed by atoms with Gasteiger partial charge >= 0.3 is 0 Å². The van der Waals surface area contributed by atoms with Gasteiger partial charge in [-0.2, -0.15) is 5.10 Å². The minimum atomic E-state index is 0.243. The molecule has 1 amide bonds. The molecule has 1 fully saturated rings. The van der Waals surface area contributed by atoms with Crippen molar-refractivity contribution in [2.45, 2.75) is 38.1 Å². The summed E-state index contributed by atoms with van der Waals surface area (Å²) in [7, 11) is 0. The minimum Gasteiger partial charge on any atom is -0.342 e. The molecule has 7 nitrogen and oxygen atoms in total. The maximum atomic E-state index is 12.5. The Balaban J connectivity index is 1.35. The lowest BCUT2D eigenvalue weighted by Crippen LogP contribution is -2.39. The number of aromatic nitrogens is 5. The van der Waals surface area contributed by atoms with E-state index in [0.29, 0.717) is 12.3 Å². The Kier molecular flexibility index (Phi) is 4.45. The third-order valence-electron chi connectivity index (χ3n) is 4.88. The summed E-state index contributed by atoms with van der Waals surface area (Å²) in [5.74, 6) is 0.548. The first-order chi connectivity index (χ1) is 12.3. The molecule has 1 N–H and O–H groups in total. The molecule has 4 heterocycles. The van der Waals surface area contributed by atoms with Gasteiger partial charge in [0, 0.05) is 55.4 Å². The summed E-state index contributed by atoms with van der Waals surface area (Å²) in [6.45, 7) is 2.45. The van der Waals surface area contributed by atoms with Gasteiger partial charge in [-0.3, -0.25) is 9.89 Å². The number of amides is 1. The molecule has 0 radical (unpaired) electrons. The highest BCUT2D eigenvalue weighted by molar-refractivity contribution is 5.76. The Morgan fingerprint density at radius 1 is 1.36 bits per heavy atom. The first kappa shape index (κ1) is 15.8. The van der Waals surface area contributed by atoms with Gasteiger partial charge in [0.05, 0.1) is 12.5 Å². The van der Waals surface area contributed by atoms with Crippen LogP contribution in [0.3, 0.4) is 0 Å². The number of piperidine rings is 1. The maximum Gasteiger partial charge on any atom is 0.222 e. The van der Waals surface area contributed by atoms with E-state index in [9.17, 15) is 4.79 Å². The number of imidazole rings is 1. The molecule has 0 aliphatic carbocycles. The average molecular weight is 338 g/mol. The molecule has 0 unspecified atom stereocenters. The molecule has 0 bridgehead atoms. The van der Waals surface area contributed by atoms with Crippen LogP contribution in [0.4, 0.5) is 0 Å². The zero-order chi connectivity index (χ0) is 17.1. The van der Waals surface area contributed by atoms with Crippen molar-refractivity contribution in [2.75, 3.05) is 13.1 Å². The summed E-state index contributed by atoms with van der Waals surface area (Å²) in [5.41, 5.74) is 1.87. The van der Waals surface area contributed by atoms with E-state index in [-0.39, 0.29) is 5.91 Å². The lowest BCUT2D eigenvalue weighted by atomic mass is 9.94. The number of carbonyl (C=O) groups is 1. The van der Waals surface area contributed by atoms with Gasteiger partial charge in [0.2, 0.25) is 5.91 Å².